The van der Waals surface area contributed by atoms with Gasteiger partial charge >= 0.3 is 6.18 Å². The number of carbonyl (C=O) groups is 1. The Morgan fingerprint density at radius 3 is 2.56 bits per heavy atom. The van der Waals surface area contributed by atoms with E-state index in [0.29, 0.717) is 23.3 Å². The second-order valence-corrected chi connectivity index (χ2v) is 9.86. The van der Waals surface area contributed by atoms with Crippen LogP contribution in [0.2, 0.25) is 0 Å². The van der Waals surface area contributed by atoms with Gasteiger partial charge in [-0.1, -0.05) is 19.1 Å². The predicted molar refractivity (Wildman–Crippen MR) is 126 cm³/mol. The van der Waals surface area contributed by atoms with Crippen molar-refractivity contribution >= 4 is 27.3 Å². The zero-order valence-corrected chi connectivity index (χ0v) is 20.0. The molecule has 0 aliphatic carbocycles. The number of aryl methyl sites for hydroxylation is 1. The summed E-state index contributed by atoms with van der Waals surface area (Å²) in [6, 6.07) is 5.90. The normalized spacial score (nSPS) is 15.8. The maximum absolute atomic E-state index is 13.8. The molecule has 10 heteroatoms. The first-order valence-electron chi connectivity index (χ1n) is 11.2. The molecule has 4 rings (SSSR count). The number of likely N-dealkylation sites (N-methyl/N-ethyl adjacent to an activating group) is 1. The van der Waals surface area contributed by atoms with Crippen LogP contribution in [0.3, 0.4) is 0 Å². The molecule has 34 heavy (non-hydrogen) atoms. The van der Waals surface area contributed by atoms with E-state index in [1.54, 1.807) is 12.1 Å². The number of alkyl halides is 3. The summed E-state index contributed by atoms with van der Waals surface area (Å²) in [4.78, 5) is 35.4. The number of fused-ring (bicyclic) bond motifs is 1. The van der Waals surface area contributed by atoms with E-state index < -0.39 is 11.7 Å². The van der Waals surface area contributed by atoms with Crippen LogP contribution in [0, 0.1) is 0 Å². The first kappa shape index (κ1) is 24.6. The fourth-order valence-corrected chi connectivity index (χ4v) is 5.08. The Morgan fingerprint density at radius 2 is 1.88 bits per heavy atom. The minimum absolute atomic E-state index is 0.188. The zero-order valence-electron chi connectivity index (χ0n) is 19.2. The van der Waals surface area contributed by atoms with Crippen LogP contribution in [-0.4, -0.2) is 58.4 Å². The molecule has 0 atom stereocenters. The van der Waals surface area contributed by atoms with Crippen molar-refractivity contribution < 1.29 is 18.0 Å². The molecule has 3 heterocycles. The average molecular weight is 493 g/mol. The maximum Gasteiger partial charge on any atom is 0.416 e. The molecule has 2 aromatic heterocycles. The highest BCUT2D eigenvalue weighted by Crippen LogP contribution is 2.33. The number of rotatable bonds is 7. The smallest absolute Gasteiger partial charge is 0.304 e. The van der Waals surface area contributed by atoms with E-state index in [1.807, 2.05) is 18.9 Å². The molecule has 0 unspecified atom stereocenters. The number of piperazine rings is 1. The summed E-state index contributed by atoms with van der Waals surface area (Å²) in [6.45, 7) is 5.04. The van der Waals surface area contributed by atoms with E-state index >= 15 is 0 Å². The zero-order chi connectivity index (χ0) is 24.5. The molecule has 1 aromatic carbocycles. The van der Waals surface area contributed by atoms with Gasteiger partial charge in [0.05, 0.1) is 23.8 Å². The SMILES string of the molecule is CCc1cc2c(=O)n(CC(=O)Cc3ccc(CN4CCN(C)CC4)c(C(F)(F)F)c3)cnc2s1. The van der Waals surface area contributed by atoms with E-state index in [-0.39, 0.29) is 42.0 Å². The van der Waals surface area contributed by atoms with Crippen LogP contribution in [0.5, 0.6) is 0 Å². The van der Waals surface area contributed by atoms with Gasteiger partial charge in [0.25, 0.3) is 5.56 Å². The molecule has 3 aromatic rings. The van der Waals surface area contributed by atoms with Crippen LogP contribution in [0.1, 0.15) is 28.5 Å². The number of thiophene rings is 1. The Balaban J connectivity index is 1.50. The van der Waals surface area contributed by atoms with Crippen molar-refractivity contribution in [2.45, 2.75) is 39.0 Å². The van der Waals surface area contributed by atoms with Crippen LogP contribution in [0.4, 0.5) is 13.2 Å². The standard InChI is InChI=1S/C24H27F3N4O2S/c1-3-19-12-20-22(34-19)28-15-31(23(20)33)14-18(32)10-16-4-5-17(21(11-16)24(25,26)27)13-30-8-6-29(2)7-9-30/h4-5,11-12,15H,3,6-10,13-14H2,1-2H3. The second kappa shape index (κ2) is 9.97. The summed E-state index contributed by atoms with van der Waals surface area (Å²) < 4.78 is 42.6. The highest BCUT2D eigenvalue weighted by molar-refractivity contribution is 7.18. The van der Waals surface area contributed by atoms with Crippen molar-refractivity contribution in [3.63, 3.8) is 0 Å². The van der Waals surface area contributed by atoms with Gasteiger partial charge in [0, 0.05) is 44.0 Å². The van der Waals surface area contributed by atoms with Crippen molar-refractivity contribution in [1.82, 2.24) is 19.4 Å². The molecular formula is C24H27F3N4O2S. The summed E-state index contributed by atoms with van der Waals surface area (Å²) in [5.74, 6) is -0.353. The van der Waals surface area contributed by atoms with Crippen molar-refractivity contribution in [2.24, 2.45) is 0 Å². The lowest BCUT2D eigenvalue weighted by molar-refractivity contribution is -0.138. The predicted octanol–water partition coefficient (Wildman–Crippen LogP) is 3.60. The summed E-state index contributed by atoms with van der Waals surface area (Å²) >= 11 is 1.44. The third-order valence-electron chi connectivity index (χ3n) is 6.14. The van der Waals surface area contributed by atoms with Crippen LogP contribution < -0.4 is 5.56 Å². The molecular weight excluding hydrogens is 465 g/mol. The van der Waals surface area contributed by atoms with Crippen LogP contribution in [0.15, 0.2) is 35.4 Å². The van der Waals surface area contributed by atoms with E-state index in [9.17, 15) is 22.8 Å². The summed E-state index contributed by atoms with van der Waals surface area (Å²) in [5.41, 5.74) is -0.524. The quantitative estimate of drug-likeness (QED) is 0.505. The molecule has 0 spiro atoms. The lowest BCUT2D eigenvalue weighted by atomic mass is 9.99. The number of hydrogen-bond acceptors (Lipinski definition) is 6. The molecule has 1 aliphatic rings. The molecule has 0 radical (unpaired) electrons. The highest BCUT2D eigenvalue weighted by Gasteiger charge is 2.34. The number of hydrogen-bond donors (Lipinski definition) is 0. The first-order chi connectivity index (χ1) is 16.1. The Labute approximate surface area is 199 Å². The molecule has 1 aliphatic heterocycles. The van der Waals surface area contributed by atoms with Gasteiger partial charge < -0.3 is 4.90 Å². The van der Waals surface area contributed by atoms with E-state index in [1.165, 1.54) is 28.3 Å². The van der Waals surface area contributed by atoms with Gasteiger partial charge in [0.2, 0.25) is 0 Å². The fraction of sp³-hybridized carbons (Fsp3) is 0.458. The van der Waals surface area contributed by atoms with Crippen LogP contribution >= 0.6 is 11.3 Å². The van der Waals surface area contributed by atoms with Crippen molar-refractivity contribution in [3.05, 3.63) is 62.5 Å². The number of nitrogens with zero attached hydrogens (tertiary/aromatic N) is 4. The van der Waals surface area contributed by atoms with Gasteiger partial charge in [-0.3, -0.25) is 19.1 Å². The Morgan fingerprint density at radius 1 is 1.15 bits per heavy atom. The van der Waals surface area contributed by atoms with Gasteiger partial charge in [-0.15, -0.1) is 11.3 Å². The van der Waals surface area contributed by atoms with Crippen molar-refractivity contribution in [1.29, 1.82) is 0 Å². The Bertz CT molecular complexity index is 1240. The number of Topliss-reactive ketones (excluding diaryl/α,β-unsaturated/α-hetero) is 1. The van der Waals surface area contributed by atoms with Gasteiger partial charge in [0.15, 0.2) is 5.78 Å². The molecule has 6 nitrogen and oxygen atoms in total. The molecule has 0 bridgehead atoms. The van der Waals surface area contributed by atoms with Gasteiger partial charge in [-0.25, -0.2) is 4.98 Å². The molecule has 182 valence electrons. The molecule has 0 amide bonds. The number of carbonyl (C=O) groups excluding carboxylic acids is 1. The topological polar surface area (TPSA) is 58.4 Å². The summed E-state index contributed by atoms with van der Waals surface area (Å²) in [5, 5.41) is 0.463. The number of benzene rings is 1. The summed E-state index contributed by atoms with van der Waals surface area (Å²) in [7, 11) is 2.00. The van der Waals surface area contributed by atoms with Crippen LogP contribution in [0.25, 0.3) is 10.2 Å². The largest absolute Gasteiger partial charge is 0.416 e. The minimum atomic E-state index is -4.51. The molecule has 0 N–H and O–H groups in total. The first-order valence-corrected chi connectivity index (χ1v) is 12.0. The number of halogens is 3. The second-order valence-electron chi connectivity index (χ2n) is 8.75. The molecule has 1 fully saturated rings. The lowest BCUT2D eigenvalue weighted by Gasteiger charge is -2.33. The number of ketones is 1. The highest BCUT2D eigenvalue weighted by atomic mass is 32.1. The maximum atomic E-state index is 13.8. The molecule has 0 saturated carbocycles. The van der Waals surface area contributed by atoms with E-state index in [0.717, 1.165) is 30.5 Å². The van der Waals surface area contributed by atoms with Gasteiger partial charge in [-0.05, 0) is 36.7 Å². The summed E-state index contributed by atoms with van der Waals surface area (Å²) in [6.07, 6.45) is -2.58. The third kappa shape index (κ3) is 5.56. The van der Waals surface area contributed by atoms with E-state index in [2.05, 4.69) is 9.88 Å². The lowest BCUT2D eigenvalue weighted by Crippen LogP contribution is -2.44. The average Bonchev–Trinajstić information content (AvgIpc) is 3.22. The monoisotopic (exact) mass is 492 g/mol. The Hall–Kier alpha value is -2.56. The van der Waals surface area contributed by atoms with Crippen molar-refractivity contribution in [2.75, 3.05) is 33.2 Å². The number of aromatic nitrogens is 2. The third-order valence-corrected chi connectivity index (χ3v) is 7.32. The van der Waals surface area contributed by atoms with Gasteiger partial charge in [0.1, 0.15) is 4.83 Å². The minimum Gasteiger partial charge on any atom is -0.304 e. The Kier molecular flexibility index (Phi) is 7.20. The fourth-order valence-electron chi connectivity index (χ4n) is 4.15. The van der Waals surface area contributed by atoms with Crippen molar-refractivity contribution in [3.8, 4) is 0 Å². The van der Waals surface area contributed by atoms with Crippen LogP contribution in [-0.2, 0) is 36.9 Å². The van der Waals surface area contributed by atoms with Gasteiger partial charge in [-0.2, -0.15) is 13.2 Å². The molecule has 1 saturated heterocycles. The van der Waals surface area contributed by atoms with E-state index in [4.69, 9.17) is 0 Å².